The Labute approximate surface area is 105 Å². The van der Waals surface area contributed by atoms with Crippen LogP contribution in [0.2, 0.25) is 0 Å². The van der Waals surface area contributed by atoms with E-state index in [-0.39, 0.29) is 11.4 Å². The third-order valence-corrected chi connectivity index (χ3v) is 2.90. The maximum absolute atomic E-state index is 11.8. The first kappa shape index (κ1) is 14.0. The molecule has 1 rings (SSSR count). The van der Waals surface area contributed by atoms with Crippen LogP contribution in [0.25, 0.3) is 0 Å². The number of likely N-dealkylation sites (N-methyl/N-ethyl adjacent to an activating group) is 1. The molecule has 1 fully saturated rings. The minimum absolute atomic E-state index is 0.0150. The van der Waals surface area contributed by atoms with Crippen molar-refractivity contribution < 1.29 is 4.79 Å². The van der Waals surface area contributed by atoms with Crippen LogP contribution in [-0.4, -0.2) is 48.6 Å². The number of amides is 2. The van der Waals surface area contributed by atoms with Crippen molar-refractivity contribution in [1.29, 1.82) is 0 Å². The lowest BCUT2D eigenvalue weighted by Gasteiger charge is -2.33. The van der Waals surface area contributed by atoms with E-state index in [1.54, 1.807) is 6.20 Å². The summed E-state index contributed by atoms with van der Waals surface area (Å²) < 4.78 is 0. The number of nitrogens with one attached hydrogen (secondary N) is 1. The number of allylic oxidation sites excluding steroid dienone is 1. The molecule has 0 atom stereocenters. The van der Waals surface area contributed by atoms with Crippen molar-refractivity contribution in [3.8, 4) is 0 Å². The Morgan fingerprint density at radius 3 is 2.29 bits per heavy atom. The molecule has 0 radical (unpaired) electrons. The second-order valence-corrected chi connectivity index (χ2v) is 5.57. The zero-order valence-electron chi connectivity index (χ0n) is 11.5. The van der Waals surface area contributed by atoms with Gasteiger partial charge in [-0.1, -0.05) is 33.8 Å². The molecule has 0 aromatic rings. The van der Waals surface area contributed by atoms with Crippen LogP contribution < -0.4 is 5.32 Å². The molecule has 0 bridgehead atoms. The Morgan fingerprint density at radius 2 is 1.82 bits per heavy atom. The van der Waals surface area contributed by atoms with Gasteiger partial charge in [0.2, 0.25) is 0 Å². The first-order chi connectivity index (χ1) is 7.92. The molecular weight excluding hydrogens is 214 g/mol. The molecule has 2 amide bonds. The molecule has 1 saturated heterocycles. The molecule has 0 saturated carbocycles. The normalized spacial score (nSPS) is 18.7. The van der Waals surface area contributed by atoms with Crippen molar-refractivity contribution in [2.75, 3.05) is 32.7 Å². The van der Waals surface area contributed by atoms with E-state index in [1.165, 1.54) is 0 Å². The standard InChI is InChI=1S/C13H25N3O/c1-5-15-8-10-16(11-9-15)12(17)14-7-6-13(2,3)4/h6-7H,5,8-11H2,1-4H3,(H,14,17)/b7-6+. The van der Waals surface area contributed by atoms with Gasteiger partial charge in [-0.15, -0.1) is 0 Å². The summed E-state index contributed by atoms with van der Waals surface area (Å²) in [6.07, 6.45) is 3.77. The summed E-state index contributed by atoms with van der Waals surface area (Å²) in [5.41, 5.74) is 0.105. The predicted molar refractivity (Wildman–Crippen MR) is 70.8 cm³/mol. The second-order valence-electron chi connectivity index (χ2n) is 5.57. The van der Waals surface area contributed by atoms with Crippen molar-refractivity contribution in [1.82, 2.24) is 15.1 Å². The second kappa shape index (κ2) is 6.05. The van der Waals surface area contributed by atoms with Crippen LogP contribution in [0, 0.1) is 5.41 Å². The highest BCUT2D eigenvalue weighted by atomic mass is 16.2. The van der Waals surface area contributed by atoms with Gasteiger partial charge in [-0.25, -0.2) is 4.79 Å². The van der Waals surface area contributed by atoms with E-state index >= 15 is 0 Å². The molecule has 1 aliphatic heterocycles. The number of urea groups is 1. The molecule has 0 spiro atoms. The molecule has 0 unspecified atom stereocenters. The number of hydrogen-bond donors (Lipinski definition) is 1. The molecule has 1 heterocycles. The highest BCUT2D eigenvalue weighted by Crippen LogP contribution is 2.13. The summed E-state index contributed by atoms with van der Waals surface area (Å²) in [6.45, 7) is 13.1. The van der Waals surface area contributed by atoms with Gasteiger partial charge in [0.05, 0.1) is 0 Å². The van der Waals surface area contributed by atoms with Crippen LogP contribution in [0.3, 0.4) is 0 Å². The molecule has 98 valence electrons. The first-order valence-electron chi connectivity index (χ1n) is 6.38. The average Bonchev–Trinajstić information content (AvgIpc) is 2.27. The fourth-order valence-corrected chi connectivity index (χ4v) is 1.72. The zero-order chi connectivity index (χ0) is 12.9. The number of hydrogen-bond acceptors (Lipinski definition) is 2. The van der Waals surface area contributed by atoms with Gasteiger partial charge in [-0.2, -0.15) is 0 Å². The van der Waals surface area contributed by atoms with Crippen LogP contribution in [0.5, 0.6) is 0 Å². The Morgan fingerprint density at radius 1 is 1.24 bits per heavy atom. The molecule has 4 nitrogen and oxygen atoms in total. The third kappa shape index (κ3) is 5.22. The lowest BCUT2D eigenvalue weighted by molar-refractivity contribution is 0.145. The fourth-order valence-electron chi connectivity index (χ4n) is 1.72. The summed E-state index contributed by atoms with van der Waals surface area (Å²) in [5.74, 6) is 0. The minimum atomic E-state index is 0.0150. The SMILES string of the molecule is CCN1CCN(C(=O)N/C=C/C(C)(C)C)CC1. The summed E-state index contributed by atoms with van der Waals surface area (Å²) >= 11 is 0. The van der Waals surface area contributed by atoms with E-state index in [4.69, 9.17) is 0 Å². The smallest absolute Gasteiger partial charge is 0.321 e. The minimum Gasteiger partial charge on any atom is -0.322 e. The van der Waals surface area contributed by atoms with Gasteiger partial charge in [-0.05, 0) is 12.0 Å². The van der Waals surface area contributed by atoms with Gasteiger partial charge in [-0.3, -0.25) is 0 Å². The van der Waals surface area contributed by atoms with Gasteiger partial charge >= 0.3 is 6.03 Å². The molecule has 0 aromatic heterocycles. The third-order valence-electron chi connectivity index (χ3n) is 2.90. The number of carbonyl (C=O) groups excluding carboxylic acids is 1. The predicted octanol–water partition coefficient (Wildman–Crippen LogP) is 1.89. The van der Waals surface area contributed by atoms with Gasteiger partial charge in [0.25, 0.3) is 0 Å². The average molecular weight is 239 g/mol. The van der Waals surface area contributed by atoms with Crippen LogP contribution in [0.15, 0.2) is 12.3 Å². The van der Waals surface area contributed by atoms with Crippen molar-refractivity contribution in [2.45, 2.75) is 27.7 Å². The molecule has 17 heavy (non-hydrogen) atoms. The summed E-state index contributed by atoms with van der Waals surface area (Å²) in [6, 6.07) is 0.0150. The topological polar surface area (TPSA) is 35.6 Å². The van der Waals surface area contributed by atoms with E-state index in [0.717, 1.165) is 32.7 Å². The van der Waals surface area contributed by atoms with Gasteiger partial charge in [0.1, 0.15) is 0 Å². The number of rotatable bonds is 2. The maximum atomic E-state index is 11.8. The van der Waals surface area contributed by atoms with E-state index in [2.05, 4.69) is 37.9 Å². The Kier molecular flexibility index (Phi) is 5.00. The lowest BCUT2D eigenvalue weighted by Crippen LogP contribution is -2.50. The van der Waals surface area contributed by atoms with Gasteiger partial charge in [0, 0.05) is 32.4 Å². The quantitative estimate of drug-likeness (QED) is 0.799. The van der Waals surface area contributed by atoms with Crippen molar-refractivity contribution in [3.05, 3.63) is 12.3 Å². The molecule has 4 heteroatoms. The monoisotopic (exact) mass is 239 g/mol. The molecule has 0 aromatic carbocycles. The highest BCUT2D eigenvalue weighted by molar-refractivity contribution is 5.75. The van der Waals surface area contributed by atoms with Crippen LogP contribution >= 0.6 is 0 Å². The highest BCUT2D eigenvalue weighted by Gasteiger charge is 2.19. The van der Waals surface area contributed by atoms with Gasteiger partial charge < -0.3 is 15.1 Å². The lowest BCUT2D eigenvalue weighted by atomic mass is 9.97. The van der Waals surface area contributed by atoms with Crippen molar-refractivity contribution in [3.63, 3.8) is 0 Å². The van der Waals surface area contributed by atoms with Gasteiger partial charge in [0.15, 0.2) is 0 Å². The van der Waals surface area contributed by atoms with Crippen molar-refractivity contribution in [2.24, 2.45) is 5.41 Å². The Hall–Kier alpha value is -1.03. The van der Waals surface area contributed by atoms with E-state index in [0.29, 0.717) is 0 Å². The summed E-state index contributed by atoms with van der Waals surface area (Å²) in [4.78, 5) is 16.1. The Balaban J connectivity index is 2.32. The number of carbonyl (C=O) groups is 1. The largest absolute Gasteiger partial charge is 0.322 e. The number of nitrogens with zero attached hydrogens (tertiary/aromatic N) is 2. The van der Waals surface area contributed by atoms with Crippen LogP contribution in [0.4, 0.5) is 4.79 Å². The molecule has 1 N–H and O–H groups in total. The first-order valence-corrected chi connectivity index (χ1v) is 6.38. The van der Waals surface area contributed by atoms with Crippen LogP contribution in [0.1, 0.15) is 27.7 Å². The molecule has 1 aliphatic rings. The molecule has 0 aliphatic carbocycles. The van der Waals surface area contributed by atoms with E-state index in [1.807, 2.05) is 11.0 Å². The molecular formula is C13H25N3O. The van der Waals surface area contributed by atoms with E-state index < -0.39 is 0 Å². The Bertz CT molecular complexity index is 273. The number of piperazine rings is 1. The summed E-state index contributed by atoms with van der Waals surface area (Å²) in [5, 5.41) is 2.83. The van der Waals surface area contributed by atoms with Crippen LogP contribution in [-0.2, 0) is 0 Å². The summed E-state index contributed by atoms with van der Waals surface area (Å²) in [7, 11) is 0. The maximum Gasteiger partial charge on any atom is 0.321 e. The fraction of sp³-hybridized carbons (Fsp3) is 0.769. The zero-order valence-corrected chi connectivity index (χ0v) is 11.5. The van der Waals surface area contributed by atoms with E-state index in [9.17, 15) is 4.79 Å². The van der Waals surface area contributed by atoms with Crippen molar-refractivity contribution >= 4 is 6.03 Å².